The normalized spacial score (nSPS) is 13.3. The molecule has 2 aliphatic heterocycles. The van der Waals surface area contributed by atoms with E-state index in [2.05, 4.69) is 95.6 Å². The molecule has 0 radical (unpaired) electrons. The summed E-state index contributed by atoms with van der Waals surface area (Å²) in [5.41, 5.74) is 7.25. The highest BCUT2D eigenvalue weighted by Gasteiger charge is 2.23. The summed E-state index contributed by atoms with van der Waals surface area (Å²) in [6.45, 7) is 0. The molecule has 4 heteroatoms. The van der Waals surface area contributed by atoms with Crippen LogP contribution in [0.25, 0.3) is 11.1 Å². The van der Waals surface area contributed by atoms with Gasteiger partial charge in [-0.15, -0.1) is 0 Å². The van der Waals surface area contributed by atoms with Crippen LogP contribution in [0.1, 0.15) is 0 Å². The molecule has 134 valence electrons. The first kappa shape index (κ1) is 16.2. The fraction of sp³-hybridized carbons (Fsp3) is 0. The van der Waals surface area contributed by atoms with Crippen LogP contribution in [-0.2, 0) is 0 Å². The molecule has 2 heterocycles. The molecule has 0 fully saturated rings. The molecule has 0 saturated heterocycles. The molecule has 0 aliphatic carbocycles. The number of benzene rings is 4. The number of nitrogens with one attached hydrogen (secondary N) is 2. The van der Waals surface area contributed by atoms with Gasteiger partial charge in [0.2, 0.25) is 0 Å². The van der Waals surface area contributed by atoms with Crippen molar-refractivity contribution in [2.75, 3.05) is 10.6 Å². The zero-order valence-corrected chi connectivity index (χ0v) is 16.5. The molecule has 0 atom stereocenters. The Hall–Kier alpha value is -2.82. The minimum atomic E-state index is 1.17. The Morgan fingerprint density at radius 2 is 0.857 bits per heavy atom. The summed E-state index contributed by atoms with van der Waals surface area (Å²) < 4.78 is 0. The zero-order valence-electron chi connectivity index (χ0n) is 14.9. The molecule has 0 spiro atoms. The van der Waals surface area contributed by atoms with Crippen LogP contribution in [0.15, 0.2) is 105 Å². The Balaban J connectivity index is 1.50. The number of fused-ring (bicyclic) bond motifs is 4. The van der Waals surface area contributed by atoms with E-state index in [1.54, 1.807) is 0 Å². The predicted octanol–water partition coefficient (Wildman–Crippen LogP) is 7.77. The smallest absolute Gasteiger partial charge is 0.0532 e. The molecule has 0 aromatic heterocycles. The third-order valence-electron chi connectivity index (χ3n) is 5.06. The topological polar surface area (TPSA) is 24.1 Å². The van der Waals surface area contributed by atoms with Gasteiger partial charge in [-0.05, 0) is 47.5 Å². The van der Waals surface area contributed by atoms with E-state index in [0.717, 1.165) is 0 Å². The molecule has 2 nitrogen and oxygen atoms in total. The lowest BCUT2D eigenvalue weighted by atomic mass is 10.0. The molecule has 28 heavy (non-hydrogen) atoms. The van der Waals surface area contributed by atoms with Gasteiger partial charge in [0.05, 0.1) is 22.7 Å². The summed E-state index contributed by atoms with van der Waals surface area (Å²) in [6.07, 6.45) is 0. The van der Waals surface area contributed by atoms with Crippen LogP contribution in [0.5, 0.6) is 0 Å². The summed E-state index contributed by atoms with van der Waals surface area (Å²) in [5.74, 6) is 0. The number of para-hydroxylation sites is 2. The lowest BCUT2D eigenvalue weighted by molar-refractivity contribution is 1.28. The molecule has 0 saturated carbocycles. The maximum atomic E-state index is 3.60. The van der Waals surface area contributed by atoms with Crippen molar-refractivity contribution in [1.82, 2.24) is 0 Å². The summed E-state index contributed by atoms with van der Waals surface area (Å²) in [6, 6.07) is 30.1. The largest absolute Gasteiger partial charge is 0.354 e. The van der Waals surface area contributed by atoms with Gasteiger partial charge in [-0.3, -0.25) is 0 Å². The van der Waals surface area contributed by atoms with Crippen molar-refractivity contribution in [1.29, 1.82) is 0 Å². The summed E-state index contributed by atoms with van der Waals surface area (Å²) in [5, 5.41) is 7.21. The van der Waals surface area contributed by atoms with Crippen molar-refractivity contribution in [3.8, 4) is 11.1 Å². The first-order chi connectivity index (χ1) is 13.9. The average Bonchev–Trinajstić information content (AvgIpc) is 2.75. The number of rotatable bonds is 1. The lowest BCUT2D eigenvalue weighted by Gasteiger charge is -2.26. The van der Waals surface area contributed by atoms with Crippen molar-refractivity contribution in [3.63, 3.8) is 0 Å². The summed E-state index contributed by atoms with van der Waals surface area (Å²) in [4.78, 5) is 5.11. The Labute approximate surface area is 172 Å². The van der Waals surface area contributed by atoms with Crippen molar-refractivity contribution < 1.29 is 0 Å². The Morgan fingerprint density at radius 1 is 0.429 bits per heavy atom. The van der Waals surface area contributed by atoms with E-state index in [0.29, 0.717) is 0 Å². The van der Waals surface area contributed by atoms with Gasteiger partial charge < -0.3 is 10.6 Å². The third-order valence-corrected chi connectivity index (χ3v) is 7.50. The van der Waals surface area contributed by atoms with E-state index in [4.69, 9.17) is 0 Å². The Bertz CT molecular complexity index is 1140. The van der Waals surface area contributed by atoms with Crippen LogP contribution < -0.4 is 10.6 Å². The maximum Gasteiger partial charge on any atom is 0.0532 e. The minimum Gasteiger partial charge on any atom is -0.354 e. The van der Waals surface area contributed by atoms with Gasteiger partial charge >= 0.3 is 0 Å². The van der Waals surface area contributed by atoms with Crippen LogP contribution in [0.2, 0.25) is 0 Å². The maximum absolute atomic E-state index is 3.60. The second-order valence-corrected chi connectivity index (χ2v) is 8.92. The van der Waals surface area contributed by atoms with E-state index < -0.39 is 0 Å². The molecule has 0 unspecified atom stereocenters. The van der Waals surface area contributed by atoms with Crippen molar-refractivity contribution in [2.45, 2.75) is 19.6 Å². The van der Waals surface area contributed by atoms with Crippen LogP contribution >= 0.6 is 23.5 Å². The summed E-state index contributed by atoms with van der Waals surface area (Å²) >= 11 is 3.70. The van der Waals surface area contributed by atoms with Crippen molar-refractivity contribution in [2.24, 2.45) is 0 Å². The standard InChI is InChI=1S/C24H16N2S2/c1-3-13-21-17(9-1)25-19-11-5-7-15(23(19)27-21)16-8-6-12-20-24(16)28-22-14-4-2-10-18(22)26-20/h1-14,25-26H. The van der Waals surface area contributed by atoms with Crippen molar-refractivity contribution in [3.05, 3.63) is 84.9 Å². The lowest BCUT2D eigenvalue weighted by Crippen LogP contribution is -2.03. The van der Waals surface area contributed by atoms with Crippen LogP contribution in [0.3, 0.4) is 0 Å². The highest BCUT2D eigenvalue weighted by molar-refractivity contribution is 8.00. The molecule has 0 amide bonds. The van der Waals surface area contributed by atoms with Crippen molar-refractivity contribution >= 4 is 46.3 Å². The molecular formula is C24H16N2S2. The van der Waals surface area contributed by atoms with Gasteiger partial charge in [-0.1, -0.05) is 72.1 Å². The highest BCUT2D eigenvalue weighted by atomic mass is 32.2. The van der Waals surface area contributed by atoms with Crippen LogP contribution in [0, 0.1) is 0 Å². The minimum absolute atomic E-state index is 1.17. The zero-order chi connectivity index (χ0) is 18.5. The molecule has 0 bridgehead atoms. The van der Waals surface area contributed by atoms with E-state index >= 15 is 0 Å². The van der Waals surface area contributed by atoms with Gasteiger partial charge in [0, 0.05) is 19.6 Å². The Morgan fingerprint density at radius 3 is 1.36 bits per heavy atom. The van der Waals surface area contributed by atoms with Gasteiger partial charge in [-0.2, -0.15) is 0 Å². The first-order valence-electron chi connectivity index (χ1n) is 9.21. The Kier molecular flexibility index (Phi) is 3.67. The number of anilines is 4. The second kappa shape index (κ2) is 6.36. The van der Waals surface area contributed by atoms with E-state index in [1.165, 1.54) is 53.5 Å². The fourth-order valence-corrected chi connectivity index (χ4v) is 5.97. The van der Waals surface area contributed by atoms with Crippen LogP contribution in [-0.4, -0.2) is 0 Å². The number of hydrogen-bond acceptors (Lipinski definition) is 4. The van der Waals surface area contributed by atoms with E-state index in [1.807, 2.05) is 23.5 Å². The van der Waals surface area contributed by atoms with E-state index in [9.17, 15) is 0 Å². The second-order valence-electron chi connectivity index (χ2n) is 6.81. The summed E-state index contributed by atoms with van der Waals surface area (Å²) in [7, 11) is 0. The van der Waals surface area contributed by atoms with Gasteiger partial charge in [0.25, 0.3) is 0 Å². The average molecular weight is 397 g/mol. The predicted molar refractivity (Wildman–Crippen MR) is 120 cm³/mol. The molecule has 2 N–H and O–H groups in total. The molecule has 2 aliphatic rings. The third kappa shape index (κ3) is 2.53. The van der Waals surface area contributed by atoms with Gasteiger partial charge in [0.15, 0.2) is 0 Å². The highest BCUT2D eigenvalue weighted by Crippen LogP contribution is 2.53. The molecular weight excluding hydrogens is 380 g/mol. The quantitative estimate of drug-likeness (QED) is 0.296. The molecule has 4 aromatic carbocycles. The van der Waals surface area contributed by atoms with Crippen LogP contribution in [0.4, 0.5) is 22.7 Å². The fourth-order valence-electron chi connectivity index (χ4n) is 3.74. The SMILES string of the molecule is c1ccc2c(c1)Nc1cccc(-c3cccc4c3Sc3ccccc3N4)c1S2. The van der Waals surface area contributed by atoms with Gasteiger partial charge in [0.1, 0.15) is 0 Å². The molecule has 4 aromatic rings. The monoisotopic (exact) mass is 396 g/mol. The molecule has 6 rings (SSSR count). The first-order valence-corrected chi connectivity index (χ1v) is 10.8. The van der Waals surface area contributed by atoms with E-state index in [-0.39, 0.29) is 0 Å². The number of hydrogen-bond donors (Lipinski definition) is 2. The van der Waals surface area contributed by atoms with Gasteiger partial charge in [-0.25, -0.2) is 0 Å².